The van der Waals surface area contributed by atoms with Gasteiger partial charge in [0, 0.05) is 23.3 Å². The SMILES string of the molecule is CC1CCc2nc(NC(=O)CCNC(=O)C(C)(C)C)sc2C1. The fourth-order valence-corrected chi connectivity index (χ4v) is 3.52. The molecule has 0 radical (unpaired) electrons. The molecule has 1 aliphatic carbocycles. The monoisotopic (exact) mass is 323 g/mol. The van der Waals surface area contributed by atoms with E-state index < -0.39 is 5.41 Å². The van der Waals surface area contributed by atoms with Crippen LogP contribution >= 0.6 is 11.3 Å². The minimum absolute atomic E-state index is 0.0426. The molecule has 6 heteroatoms. The number of nitrogens with zero attached hydrogens (tertiary/aromatic N) is 1. The van der Waals surface area contributed by atoms with Crippen molar-refractivity contribution in [2.24, 2.45) is 11.3 Å². The van der Waals surface area contributed by atoms with Gasteiger partial charge in [0.1, 0.15) is 0 Å². The maximum atomic E-state index is 11.9. The fourth-order valence-electron chi connectivity index (χ4n) is 2.33. The summed E-state index contributed by atoms with van der Waals surface area (Å²) in [5, 5.41) is 6.31. The van der Waals surface area contributed by atoms with Gasteiger partial charge in [-0.1, -0.05) is 27.7 Å². The number of amides is 2. The van der Waals surface area contributed by atoms with Crippen molar-refractivity contribution in [2.75, 3.05) is 11.9 Å². The van der Waals surface area contributed by atoms with Gasteiger partial charge < -0.3 is 10.6 Å². The van der Waals surface area contributed by atoms with E-state index in [2.05, 4.69) is 22.5 Å². The van der Waals surface area contributed by atoms with Crippen LogP contribution in [0.4, 0.5) is 5.13 Å². The number of nitrogens with one attached hydrogen (secondary N) is 2. The smallest absolute Gasteiger partial charge is 0.227 e. The summed E-state index contributed by atoms with van der Waals surface area (Å²) in [6.07, 6.45) is 3.50. The molecule has 22 heavy (non-hydrogen) atoms. The van der Waals surface area contributed by atoms with Gasteiger partial charge in [-0.2, -0.15) is 0 Å². The number of aromatic nitrogens is 1. The molecule has 0 bridgehead atoms. The molecule has 1 aromatic rings. The predicted molar refractivity (Wildman–Crippen MR) is 89.0 cm³/mol. The van der Waals surface area contributed by atoms with Crippen LogP contribution in [0.1, 0.15) is 51.1 Å². The molecular formula is C16H25N3O2S. The molecule has 0 saturated carbocycles. The number of hydrogen-bond acceptors (Lipinski definition) is 4. The largest absolute Gasteiger partial charge is 0.355 e. The molecule has 1 aliphatic rings. The van der Waals surface area contributed by atoms with E-state index in [-0.39, 0.29) is 18.2 Å². The summed E-state index contributed by atoms with van der Waals surface area (Å²) < 4.78 is 0. The molecule has 1 heterocycles. The van der Waals surface area contributed by atoms with Crippen LogP contribution in [0.2, 0.25) is 0 Å². The van der Waals surface area contributed by atoms with Crippen molar-refractivity contribution >= 4 is 28.3 Å². The van der Waals surface area contributed by atoms with Crippen LogP contribution in [0.3, 0.4) is 0 Å². The Morgan fingerprint density at radius 3 is 2.77 bits per heavy atom. The molecule has 1 aromatic heterocycles. The topological polar surface area (TPSA) is 71.1 Å². The Kier molecular flexibility index (Phi) is 5.21. The van der Waals surface area contributed by atoms with E-state index in [9.17, 15) is 9.59 Å². The first-order chi connectivity index (χ1) is 10.3. The van der Waals surface area contributed by atoms with Gasteiger partial charge in [-0.3, -0.25) is 9.59 Å². The molecular weight excluding hydrogens is 298 g/mol. The molecule has 0 fully saturated rings. The van der Waals surface area contributed by atoms with Crippen molar-refractivity contribution in [1.29, 1.82) is 0 Å². The van der Waals surface area contributed by atoms with E-state index in [1.165, 1.54) is 11.3 Å². The molecule has 0 aliphatic heterocycles. The minimum Gasteiger partial charge on any atom is -0.355 e. The average Bonchev–Trinajstić information content (AvgIpc) is 2.78. The van der Waals surface area contributed by atoms with Crippen LogP contribution in [-0.4, -0.2) is 23.3 Å². The summed E-state index contributed by atoms with van der Waals surface area (Å²) in [4.78, 5) is 29.4. The Hall–Kier alpha value is -1.43. The van der Waals surface area contributed by atoms with Crippen LogP contribution in [0.25, 0.3) is 0 Å². The van der Waals surface area contributed by atoms with Gasteiger partial charge in [0.25, 0.3) is 0 Å². The molecule has 122 valence electrons. The first-order valence-corrected chi connectivity index (χ1v) is 8.64. The Labute approximate surface area is 135 Å². The Bertz CT molecular complexity index is 560. The predicted octanol–water partition coefficient (Wildman–Crippen LogP) is 2.76. The van der Waals surface area contributed by atoms with Crippen molar-refractivity contribution in [3.05, 3.63) is 10.6 Å². The summed E-state index contributed by atoms with van der Waals surface area (Å²) in [7, 11) is 0. The second-order valence-electron chi connectivity index (χ2n) is 7.04. The summed E-state index contributed by atoms with van der Waals surface area (Å²) in [5.74, 6) is 0.552. The van der Waals surface area contributed by atoms with Crippen LogP contribution < -0.4 is 10.6 Å². The quantitative estimate of drug-likeness (QED) is 0.895. The lowest BCUT2D eigenvalue weighted by atomic mass is 9.93. The van der Waals surface area contributed by atoms with E-state index in [1.807, 2.05) is 20.8 Å². The average molecular weight is 323 g/mol. The number of aryl methyl sites for hydroxylation is 1. The van der Waals surface area contributed by atoms with Gasteiger partial charge in [-0.05, 0) is 25.2 Å². The van der Waals surface area contributed by atoms with Gasteiger partial charge in [0.15, 0.2) is 5.13 Å². The minimum atomic E-state index is -0.429. The Balaban J connectivity index is 1.79. The maximum absolute atomic E-state index is 11.9. The number of carbonyl (C=O) groups is 2. The normalized spacial score (nSPS) is 17.7. The van der Waals surface area contributed by atoms with Gasteiger partial charge in [0.05, 0.1) is 5.69 Å². The first-order valence-electron chi connectivity index (χ1n) is 7.82. The summed E-state index contributed by atoms with van der Waals surface area (Å²) in [6.45, 7) is 8.15. The van der Waals surface area contributed by atoms with Crippen molar-refractivity contribution in [1.82, 2.24) is 10.3 Å². The van der Waals surface area contributed by atoms with Crippen molar-refractivity contribution in [3.63, 3.8) is 0 Å². The van der Waals surface area contributed by atoms with Gasteiger partial charge in [-0.25, -0.2) is 4.98 Å². The van der Waals surface area contributed by atoms with Crippen molar-refractivity contribution in [2.45, 2.75) is 53.4 Å². The first kappa shape index (κ1) is 16.9. The molecule has 2 rings (SSSR count). The highest BCUT2D eigenvalue weighted by atomic mass is 32.1. The van der Waals surface area contributed by atoms with Crippen LogP contribution in [0.15, 0.2) is 0 Å². The summed E-state index contributed by atoms with van der Waals surface area (Å²) in [6, 6.07) is 0. The number of fused-ring (bicyclic) bond motifs is 1. The molecule has 0 aromatic carbocycles. The third-order valence-corrected chi connectivity index (χ3v) is 4.79. The molecule has 1 unspecified atom stereocenters. The van der Waals surface area contributed by atoms with E-state index in [0.717, 1.165) is 18.5 Å². The lowest BCUT2D eigenvalue weighted by molar-refractivity contribution is -0.128. The van der Waals surface area contributed by atoms with Gasteiger partial charge in [0.2, 0.25) is 11.8 Å². The van der Waals surface area contributed by atoms with E-state index in [0.29, 0.717) is 17.6 Å². The highest BCUT2D eigenvalue weighted by molar-refractivity contribution is 7.15. The maximum Gasteiger partial charge on any atom is 0.227 e. The third-order valence-electron chi connectivity index (χ3n) is 3.75. The van der Waals surface area contributed by atoms with Crippen LogP contribution in [-0.2, 0) is 22.4 Å². The lowest BCUT2D eigenvalue weighted by Crippen LogP contribution is -2.36. The number of anilines is 1. The lowest BCUT2D eigenvalue weighted by Gasteiger charge is -2.17. The van der Waals surface area contributed by atoms with Gasteiger partial charge >= 0.3 is 0 Å². The van der Waals surface area contributed by atoms with Crippen molar-refractivity contribution < 1.29 is 9.59 Å². The van der Waals surface area contributed by atoms with Crippen LogP contribution in [0.5, 0.6) is 0 Å². The molecule has 2 N–H and O–H groups in total. The fraction of sp³-hybridized carbons (Fsp3) is 0.688. The second kappa shape index (κ2) is 6.77. The Morgan fingerprint density at radius 2 is 2.09 bits per heavy atom. The molecule has 0 saturated heterocycles. The Morgan fingerprint density at radius 1 is 1.36 bits per heavy atom. The molecule has 1 atom stereocenters. The zero-order valence-electron chi connectivity index (χ0n) is 13.8. The van der Waals surface area contributed by atoms with E-state index in [1.54, 1.807) is 11.3 Å². The summed E-state index contributed by atoms with van der Waals surface area (Å²) in [5.41, 5.74) is 0.709. The van der Waals surface area contributed by atoms with Crippen molar-refractivity contribution in [3.8, 4) is 0 Å². The standard InChI is InChI=1S/C16H25N3O2S/c1-10-5-6-11-12(9-10)22-15(18-11)19-13(20)7-8-17-14(21)16(2,3)4/h10H,5-9H2,1-4H3,(H,17,21)(H,18,19,20). The number of hydrogen-bond donors (Lipinski definition) is 2. The highest BCUT2D eigenvalue weighted by Crippen LogP contribution is 2.32. The molecule has 0 spiro atoms. The number of thiazole rings is 1. The number of rotatable bonds is 4. The highest BCUT2D eigenvalue weighted by Gasteiger charge is 2.22. The van der Waals surface area contributed by atoms with Crippen LogP contribution in [0, 0.1) is 11.3 Å². The second-order valence-corrected chi connectivity index (χ2v) is 8.12. The van der Waals surface area contributed by atoms with Gasteiger partial charge in [-0.15, -0.1) is 11.3 Å². The number of carbonyl (C=O) groups excluding carboxylic acids is 2. The molecule has 5 nitrogen and oxygen atoms in total. The zero-order valence-corrected chi connectivity index (χ0v) is 14.6. The molecule has 2 amide bonds. The zero-order chi connectivity index (χ0) is 16.3. The van der Waals surface area contributed by atoms with E-state index >= 15 is 0 Å². The summed E-state index contributed by atoms with van der Waals surface area (Å²) >= 11 is 1.58. The third kappa shape index (κ3) is 4.53. The van der Waals surface area contributed by atoms with E-state index in [4.69, 9.17) is 0 Å².